The molecular weight excluding hydrogens is 336 g/mol. The first-order chi connectivity index (χ1) is 12.5. The van der Waals surface area contributed by atoms with Crippen molar-refractivity contribution in [2.24, 2.45) is 5.92 Å². The van der Waals surface area contributed by atoms with Gasteiger partial charge in [-0.3, -0.25) is 19.8 Å². The summed E-state index contributed by atoms with van der Waals surface area (Å²) in [6.45, 7) is 3.82. The van der Waals surface area contributed by atoms with Crippen molar-refractivity contribution in [3.8, 4) is 0 Å². The molecule has 8 nitrogen and oxygen atoms in total. The van der Waals surface area contributed by atoms with Crippen LogP contribution in [0.3, 0.4) is 0 Å². The summed E-state index contributed by atoms with van der Waals surface area (Å²) < 4.78 is 5.57. The van der Waals surface area contributed by atoms with E-state index in [1.54, 1.807) is 24.3 Å². The number of urea groups is 1. The molecule has 2 fully saturated rings. The van der Waals surface area contributed by atoms with Crippen molar-refractivity contribution >= 4 is 23.5 Å². The molecule has 0 spiro atoms. The van der Waals surface area contributed by atoms with Gasteiger partial charge in [0.25, 0.3) is 5.91 Å². The van der Waals surface area contributed by atoms with Gasteiger partial charge in [-0.25, -0.2) is 4.79 Å². The molecule has 0 bridgehead atoms. The highest BCUT2D eigenvalue weighted by atomic mass is 16.5. The van der Waals surface area contributed by atoms with Gasteiger partial charge in [0.15, 0.2) is 0 Å². The molecule has 0 unspecified atom stereocenters. The zero-order valence-electron chi connectivity index (χ0n) is 14.9. The zero-order valence-corrected chi connectivity index (χ0v) is 14.9. The normalized spacial score (nSPS) is 21.9. The van der Waals surface area contributed by atoms with Gasteiger partial charge >= 0.3 is 6.03 Å². The van der Waals surface area contributed by atoms with E-state index in [1.807, 2.05) is 7.05 Å². The molecule has 2 aliphatic heterocycles. The number of hydrogen-bond donors (Lipinski definition) is 2. The maximum absolute atomic E-state index is 12.7. The van der Waals surface area contributed by atoms with Crippen molar-refractivity contribution in [1.82, 2.24) is 15.5 Å². The summed E-state index contributed by atoms with van der Waals surface area (Å²) >= 11 is 0. The highest BCUT2D eigenvalue weighted by Gasteiger charge is 2.27. The Kier molecular flexibility index (Phi) is 5.85. The van der Waals surface area contributed by atoms with E-state index in [9.17, 15) is 14.4 Å². The molecule has 1 atom stereocenters. The molecule has 0 saturated carbocycles. The number of carbonyl (C=O) groups is 3. The van der Waals surface area contributed by atoms with Crippen LogP contribution in [0.4, 0.5) is 10.5 Å². The molecule has 0 radical (unpaired) electrons. The maximum Gasteiger partial charge on any atom is 0.328 e. The molecule has 3 rings (SSSR count). The predicted molar refractivity (Wildman–Crippen MR) is 96.1 cm³/mol. The first-order valence-corrected chi connectivity index (χ1v) is 8.79. The average Bonchev–Trinajstić information content (AvgIpc) is 2.84. The second-order valence-corrected chi connectivity index (χ2v) is 6.69. The van der Waals surface area contributed by atoms with Crippen molar-refractivity contribution in [3.63, 3.8) is 0 Å². The molecule has 2 aliphatic rings. The lowest BCUT2D eigenvalue weighted by molar-refractivity contribution is -0.120. The van der Waals surface area contributed by atoms with Crippen LogP contribution in [-0.4, -0.2) is 69.2 Å². The Morgan fingerprint density at radius 2 is 2.12 bits per heavy atom. The van der Waals surface area contributed by atoms with Crippen LogP contribution in [0.25, 0.3) is 0 Å². The van der Waals surface area contributed by atoms with Crippen LogP contribution in [0.1, 0.15) is 16.8 Å². The fraction of sp³-hybridized carbons (Fsp3) is 0.500. The first kappa shape index (κ1) is 18.3. The minimum atomic E-state index is -0.500. The SMILES string of the molecule is CN1CCOC[C@@H](CNC(=O)c2ccccc2N2CCC(=O)NC2=O)C1. The van der Waals surface area contributed by atoms with Gasteiger partial charge in [0, 0.05) is 38.5 Å². The number of rotatable bonds is 4. The van der Waals surface area contributed by atoms with Gasteiger partial charge < -0.3 is 15.0 Å². The maximum atomic E-state index is 12.7. The van der Waals surface area contributed by atoms with Crippen LogP contribution in [0.5, 0.6) is 0 Å². The Labute approximate surface area is 152 Å². The Morgan fingerprint density at radius 1 is 1.31 bits per heavy atom. The quantitative estimate of drug-likeness (QED) is 0.813. The largest absolute Gasteiger partial charge is 0.380 e. The molecule has 2 heterocycles. The Hall–Kier alpha value is -2.45. The number of carbonyl (C=O) groups excluding carboxylic acids is 3. The topological polar surface area (TPSA) is 91.0 Å². The Bertz CT molecular complexity index is 694. The van der Waals surface area contributed by atoms with Crippen LogP contribution in [0.2, 0.25) is 0 Å². The molecule has 26 heavy (non-hydrogen) atoms. The standard InChI is InChI=1S/C18H24N4O4/c1-21-8-9-26-12-13(11-21)10-19-17(24)14-4-2-3-5-15(14)22-7-6-16(23)20-18(22)25/h2-5,13H,6-12H2,1H3,(H,19,24)(H,20,23,25)/t13-/m0/s1. The Morgan fingerprint density at radius 3 is 2.92 bits per heavy atom. The van der Waals surface area contributed by atoms with Crippen LogP contribution in [-0.2, 0) is 9.53 Å². The summed E-state index contributed by atoms with van der Waals surface area (Å²) in [7, 11) is 2.04. The summed E-state index contributed by atoms with van der Waals surface area (Å²) in [6.07, 6.45) is 0.216. The third-order valence-corrected chi connectivity index (χ3v) is 4.59. The Balaban J connectivity index is 1.68. The van der Waals surface area contributed by atoms with E-state index in [2.05, 4.69) is 15.5 Å². The van der Waals surface area contributed by atoms with E-state index in [4.69, 9.17) is 4.74 Å². The summed E-state index contributed by atoms with van der Waals surface area (Å²) in [5.41, 5.74) is 0.920. The molecule has 0 aromatic heterocycles. The second kappa shape index (κ2) is 8.29. The molecular formula is C18H24N4O4. The van der Waals surface area contributed by atoms with Crippen LogP contribution >= 0.6 is 0 Å². The van der Waals surface area contributed by atoms with Crippen LogP contribution < -0.4 is 15.5 Å². The number of anilines is 1. The average molecular weight is 360 g/mol. The predicted octanol–water partition coefficient (Wildman–Crippen LogP) is 0.441. The van der Waals surface area contributed by atoms with Gasteiger partial charge in [0.2, 0.25) is 5.91 Å². The molecule has 2 saturated heterocycles. The van der Waals surface area contributed by atoms with Gasteiger partial charge in [0.05, 0.1) is 24.5 Å². The first-order valence-electron chi connectivity index (χ1n) is 8.79. The van der Waals surface area contributed by atoms with E-state index in [0.29, 0.717) is 31.0 Å². The minimum Gasteiger partial charge on any atom is -0.380 e. The fourth-order valence-corrected chi connectivity index (χ4v) is 3.21. The van der Waals surface area contributed by atoms with E-state index >= 15 is 0 Å². The van der Waals surface area contributed by atoms with E-state index < -0.39 is 6.03 Å². The smallest absolute Gasteiger partial charge is 0.328 e. The molecule has 140 valence electrons. The van der Waals surface area contributed by atoms with Gasteiger partial charge in [-0.2, -0.15) is 0 Å². The summed E-state index contributed by atoms with van der Waals surface area (Å²) in [4.78, 5) is 39.8. The van der Waals surface area contributed by atoms with Gasteiger partial charge in [0.1, 0.15) is 0 Å². The van der Waals surface area contributed by atoms with Crippen molar-refractivity contribution in [1.29, 1.82) is 0 Å². The number of amides is 4. The molecule has 4 amide bonds. The third-order valence-electron chi connectivity index (χ3n) is 4.59. The number of imide groups is 1. The third kappa shape index (κ3) is 4.39. The monoisotopic (exact) mass is 360 g/mol. The second-order valence-electron chi connectivity index (χ2n) is 6.69. The molecule has 0 aliphatic carbocycles. The summed E-state index contributed by atoms with van der Waals surface area (Å²) in [5.74, 6) is -0.322. The lowest BCUT2D eigenvalue weighted by Crippen LogP contribution is -2.50. The van der Waals surface area contributed by atoms with Gasteiger partial charge in [-0.05, 0) is 19.2 Å². The number of likely N-dealkylation sites (N-methyl/N-ethyl adjacent to an activating group) is 1. The fourth-order valence-electron chi connectivity index (χ4n) is 3.21. The lowest BCUT2D eigenvalue weighted by Gasteiger charge is -2.28. The van der Waals surface area contributed by atoms with Gasteiger partial charge in [-0.1, -0.05) is 12.1 Å². The van der Waals surface area contributed by atoms with E-state index in [0.717, 1.165) is 13.1 Å². The highest BCUT2D eigenvalue weighted by Crippen LogP contribution is 2.22. The van der Waals surface area contributed by atoms with Crippen molar-refractivity contribution in [2.75, 3.05) is 51.3 Å². The highest BCUT2D eigenvalue weighted by molar-refractivity contribution is 6.09. The summed E-state index contributed by atoms with van der Waals surface area (Å²) in [6, 6.07) is 6.43. The van der Waals surface area contributed by atoms with Crippen molar-refractivity contribution < 1.29 is 19.1 Å². The molecule has 2 N–H and O–H groups in total. The number of para-hydroxylation sites is 1. The van der Waals surface area contributed by atoms with E-state index in [-0.39, 0.29) is 30.7 Å². The van der Waals surface area contributed by atoms with Crippen molar-refractivity contribution in [2.45, 2.75) is 6.42 Å². The number of benzene rings is 1. The number of nitrogens with one attached hydrogen (secondary N) is 2. The number of hydrogen-bond acceptors (Lipinski definition) is 5. The zero-order chi connectivity index (χ0) is 18.5. The van der Waals surface area contributed by atoms with Crippen LogP contribution in [0, 0.1) is 5.92 Å². The molecule has 1 aromatic rings. The minimum absolute atomic E-state index is 0.216. The lowest BCUT2D eigenvalue weighted by atomic mass is 10.1. The summed E-state index contributed by atoms with van der Waals surface area (Å²) in [5, 5.41) is 5.23. The molecule has 1 aromatic carbocycles. The van der Waals surface area contributed by atoms with Gasteiger partial charge in [-0.15, -0.1) is 0 Å². The number of ether oxygens (including phenoxy) is 1. The van der Waals surface area contributed by atoms with Crippen LogP contribution in [0.15, 0.2) is 24.3 Å². The molecule has 8 heteroatoms. The van der Waals surface area contributed by atoms with Crippen molar-refractivity contribution in [3.05, 3.63) is 29.8 Å². The number of nitrogens with zero attached hydrogens (tertiary/aromatic N) is 2. The van der Waals surface area contributed by atoms with E-state index in [1.165, 1.54) is 4.90 Å².